The summed E-state index contributed by atoms with van der Waals surface area (Å²) in [5.41, 5.74) is 6.91. The molecule has 1 heterocycles. The predicted molar refractivity (Wildman–Crippen MR) is 72.9 cm³/mol. The lowest BCUT2D eigenvalue weighted by atomic mass is 10.1. The van der Waals surface area contributed by atoms with Gasteiger partial charge in [0.25, 0.3) is 0 Å². The van der Waals surface area contributed by atoms with Crippen LogP contribution in [0.4, 0.5) is 0 Å². The molecule has 0 bridgehead atoms. The summed E-state index contributed by atoms with van der Waals surface area (Å²) in [6, 6.07) is 0. The van der Waals surface area contributed by atoms with Gasteiger partial charge in [0.15, 0.2) is 0 Å². The molecule has 1 fully saturated rings. The Hall–Kier alpha value is -0.870. The van der Waals surface area contributed by atoms with Crippen molar-refractivity contribution in [2.45, 2.75) is 32.6 Å². The first kappa shape index (κ1) is 13.6. The maximum Gasteiger partial charge on any atom is 0.240 e. The average molecular weight is 251 g/mol. The molecule has 0 radical (unpaired) electrons. The highest BCUT2D eigenvalue weighted by molar-refractivity contribution is 5.80. The van der Waals surface area contributed by atoms with E-state index < -0.39 is 0 Å². The van der Waals surface area contributed by atoms with E-state index in [0.717, 1.165) is 45.4 Å². The van der Waals surface area contributed by atoms with Crippen molar-refractivity contribution in [1.82, 2.24) is 9.80 Å². The zero-order valence-electron chi connectivity index (χ0n) is 11.4. The van der Waals surface area contributed by atoms with Crippen molar-refractivity contribution in [3.05, 3.63) is 11.8 Å². The second kappa shape index (κ2) is 6.34. The van der Waals surface area contributed by atoms with Gasteiger partial charge in [0.2, 0.25) is 5.91 Å². The summed E-state index contributed by atoms with van der Waals surface area (Å²) in [6.07, 6.45) is 6.73. The molecule has 0 saturated carbocycles. The monoisotopic (exact) mass is 251 g/mol. The lowest BCUT2D eigenvalue weighted by Crippen LogP contribution is -2.39. The highest BCUT2D eigenvalue weighted by Crippen LogP contribution is 2.22. The minimum Gasteiger partial charge on any atom is -0.330 e. The summed E-state index contributed by atoms with van der Waals surface area (Å²) in [6.45, 7) is 6.15. The van der Waals surface area contributed by atoms with E-state index in [-0.39, 0.29) is 5.91 Å². The standard InChI is InChI=1S/C14H25N3O/c1-2-17(13-5-3-4-6-13)14(18)11-16-8-7-12(9-15)10-16/h5,12H,2-4,6-11,15H2,1H3. The fourth-order valence-corrected chi connectivity index (χ4v) is 2.96. The Kier molecular flexibility index (Phi) is 4.78. The molecule has 0 aromatic rings. The normalized spacial score (nSPS) is 24.3. The van der Waals surface area contributed by atoms with Crippen molar-refractivity contribution >= 4 is 5.91 Å². The highest BCUT2D eigenvalue weighted by Gasteiger charge is 2.26. The van der Waals surface area contributed by atoms with Crippen LogP contribution >= 0.6 is 0 Å². The predicted octanol–water partition coefficient (Wildman–Crippen LogP) is 1.18. The average Bonchev–Trinajstić information content (AvgIpc) is 3.01. The molecule has 18 heavy (non-hydrogen) atoms. The number of carbonyl (C=O) groups is 1. The molecular formula is C14H25N3O. The van der Waals surface area contributed by atoms with Gasteiger partial charge >= 0.3 is 0 Å². The van der Waals surface area contributed by atoms with Gasteiger partial charge < -0.3 is 10.6 Å². The van der Waals surface area contributed by atoms with E-state index in [1.165, 1.54) is 12.1 Å². The minimum atomic E-state index is 0.253. The zero-order valence-corrected chi connectivity index (χ0v) is 11.4. The second-order valence-electron chi connectivity index (χ2n) is 5.35. The Morgan fingerprint density at radius 1 is 1.61 bits per heavy atom. The number of amides is 1. The van der Waals surface area contributed by atoms with Crippen LogP contribution in [-0.4, -0.2) is 48.4 Å². The van der Waals surface area contributed by atoms with Crippen LogP contribution in [0, 0.1) is 5.92 Å². The SMILES string of the molecule is CCN(C(=O)CN1CCC(CN)C1)C1=CCCC1. The summed E-state index contributed by atoms with van der Waals surface area (Å²) in [5.74, 6) is 0.835. The van der Waals surface area contributed by atoms with Gasteiger partial charge in [0.05, 0.1) is 6.54 Å². The number of nitrogens with two attached hydrogens (primary N) is 1. The maximum atomic E-state index is 12.3. The third-order valence-electron chi connectivity index (χ3n) is 4.04. The first-order valence-corrected chi connectivity index (χ1v) is 7.16. The van der Waals surface area contributed by atoms with Gasteiger partial charge in [0, 0.05) is 18.8 Å². The van der Waals surface area contributed by atoms with Crippen LogP contribution in [0.1, 0.15) is 32.6 Å². The Morgan fingerprint density at radius 3 is 3.00 bits per heavy atom. The molecule has 2 rings (SSSR count). The summed E-state index contributed by atoms with van der Waals surface area (Å²) in [4.78, 5) is 16.5. The summed E-state index contributed by atoms with van der Waals surface area (Å²) in [5, 5.41) is 0. The molecule has 1 aliphatic heterocycles. The number of carbonyl (C=O) groups excluding carboxylic acids is 1. The number of rotatable bonds is 5. The number of likely N-dealkylation sites (tertiary alicyclic amines) is 1. The molecule has 102 valence electrons. The molecule has 2 aliphatic rings. The molecule has 4 heteroatoms. The van der Waals surface area contributed by atoms with Crippen molar-refractivity contribution in [3.63, 3.8) is 0 Å². The summed E-state index contributed by atoms with van der Waals surface area (Å²) >= 11 is 0. The molecule has 1 unspecified atom stereocenters. The fraction of sp³-hybridized carbons (Fsp3) is 0.786. The Bertz CT molecular complexity index is 327. The van der Waals surface area contributed by atoms with Crippen molar-refractivity contribution in [3.8, 4) is 0 Å². The van der Waals surface area contributed by atoms with Gasteiger partial charge in [-0.2, -0.15) is 0 Å². The van der Waals surface area contributed by atoms with E-state index >= 15 is 0 Å². The lowest BCUT2D eigenvalue weighted by molar-refractivity contribution is -0.130. The van der Waals surface area contributed by atoms with Gasteiger partial charge in [-0.15, -0.1) is 0 Å². The minimum absolute atomic E-state index is 0.253. The molecule has 1 saturated heterocycles. The van der Waals surface area contributed by atoms with Crippen LogP contribution in [0.3, 0.4) is 0 Å². The van der Waals surface area contributed by atoms with E-state index in [9.17, 15) is 4.79 Å². The molecule has 0 aromatic carbocycles. The van der Waals surface area contributed by atoms with Gasteiger partial charge in [-0.1, -0.05) is 6.08 Å². The third kappa shape index (κ3) is 3.12. The molecule has 2 N–H and O–H groups in total. The van der Waals surface area contributed by atoms with Crippen molar-refractivity contribution in [2.24, 2.45) is 11.7 Å². The topological polar surface area (TPSA) is 49.6 Å². The number of allylic oxidation sites excluding steroid dienone is 2. The summed E-state index contributed by atoms with van der Waals surface area (Å²) < 4.78 is 0. The van der Waals surface area contributed by atoms with Gasteiger partial charge in [-0.3, -0.25) is 9.69 Å². The first-order chi connectivity index (χ1) is 8.74. The van der Waals surface area contributed by atoms with E-state index in [2.05, 4.69) is 17.9 Å². The van der Waals surface area contributed by atoms with Gasteiger partial charge in [0.1, 0.15) is 0 Å². The van der Waals surface area contributed by atoms with Crippen LogP contribution in [0.5, 0.6) is 0 Å². The Labute approximate surface area is 110 Å². The second-order valence-corrected chi connectivity index (χ2v) is 5.35. The van der Waals surface area contributed by atoms with Crippen molar-refractivity contribution < 1.29 is 4.79 Å². The number of nitrogens with zero attached hydrogens (tertiary/aromatic N) is 2. The Morgan fingerprint density at radius 2 is 2.44 bits per heavy atom. The van der Waals surface area contributed by atoms with E-state index in [0.29, 0.717) is 12.5 Å². The molecule has 0 aromatic heterocycles. The molecule has 4 nitrogen and oxygen atoms in total. The number of likely N-dealkylation sites (N-methyl/N-ethyl adjacent to an activating group) is 1. The van der Waals surface area contributed by atoms with Crippen LogP contribution in [-0.2, 0) is 4.79 Å². The molecule has 1 amide bonds. The van der Waals surface area contributed by atoms with Crippen LogP contribution in [0.15, 0.2) is 11.8 Å². The highest BCUT2D eigenvalue weighted by atomic mass is 16.2. The third-order valence-corrected chi connectivity index (χ3v) is 4.04. The van der Waals surface area contributed by atoms with Crippen LogP contribution in [0.2, 0.25) is 0 Å². The van der Waals surface area contributed by atoms with Gasteiger partial charge in [-0.25, -0.2) is 0 Å². The van der Waals surface area contributed by atoms with Crippen molar-refractivity contribution in [1.29, 1.82) is 0 Å². The van der Waals surface area contributed by atoms with Crippen LogP contribution in [0.25, 0.3) is 0 Å². The Balaban J connectivity index is 1.86. The van der Waals surface area contributed by atoms with Crippen molar-refractivity contribution in [2.75, 3.05) is 32.7 Å². The molecule has 1 atom stereocenters. The molecular weight excluding hydrogens is 226 g/mol. The van der Waals surface area contributed by atoms with Gasteiger partial charge in [-0.05, 0) is 51.6 Å². The van der Waals surface area contributed by atoms with E-state index in [1.54, 1.807) is 0 Å². The smallest absolute Gasteiger partial charge is 0.240 e. The number of hydrogen-bond acceptors (Lipinski definition) is 3. The van der Waals surface area contributed by atoms with E-state index in [4.69, 9.17) is 5.73 Å². The first-order valence-electron chi connectivity index (χ1n) is 7.16. The molecule has 1 aliphatic carbocycles. The fourth-order valence-electron chi connectivity index (χ4n) is 2.96. The quantitative estimate of drug-likeness (QED) is 0.798. The summed E-state index contributed by atoms with van der Waals surface area (Å²) in [7, 11) is 0. The zero-order chi connectivity index (χ0) is 13.0. The maximum absolute atomic E-state index is 12.3. The van der Waals surface area contributed by atoms with E-state index in [1.807, 2.05) is 4.90 Å². The largest absolute Gasteiger partial charge is 0.330 e. The molecule has 0 spiro atoms. The lowest BCUT2D eigenvalue weighted by Gasteiger charge is -2.25. The van der Waals surface area contributed by atoms with Crippen LogP contribution < -0.4 is 5.73 Å². The number of hydrogen-bond donors (Lipinski definition) is 1.